The van der Waals surface area contributed by atoms with Gasteiger partial charge < -0.3 is 15.0 Å². The number of hydrogen-bond acceptors (Lipinski definition) is 7. The molecule has 246 valence electrons. The molecule has 0 aliphatic carbocycles. The third-order valence-corrected chi connectivity index (χ3v) is 9.62. The van der Waals surface area contributed by atoms with Crippen molar-refractivity contribution in [1.29, 1.82) is 0 Å². The molecule has 0 radical (unpaired) electrons. The average molecular weight is 647 g/mol. The van der Waals surface area contributed by atoms with E-state index in [9.17, 15) is 8.78 Å². The molecule has 7 rings (SSSR count). The van der Waals surface area contributed by atoms with E-state index in [1.54, 1.807) is 25.1 Å². The minimum absolute atomic E-state index is 0.00196. The molecule has 7 nitrogen and oxygen atoms in total. The van der Waals surface area contributed by atoms with Gasteiger partial charge in [-0.05, 0) is 61.4 Å². The Morgan fingerprint density at radius 3 is 2.47 bits per heavy atom. The number of aryl methyl sites for hydroxylation is 1. The van der Waals surface area contributed by atoms with Crippen LogP contribution >= 0.6 is 0 Å². The first-order valence-corrected chi connectivity index (χ1v) is 16.5. The minimum atomic E-state index is -2.64. The molecule has 4 aromatic rings. The Morgan fingerprint density at radius 1 is 1.02 bits per heavy atom. The predicted molar refractivity (Wildman–Crippen MR) is 175 cm³/mol. The lowest BCUT2D eigenvalue weighted by molar-refractivity contribution is -0.0595. The highest BCUT2D eigenvalue weighted by Gasteiger charge is 2.36. The second-order valence-electron chi connectivity index (χ2n) is 13.0. The number of halogens is 4. The number of nitrogens with zero attached hydrogens (tertiary/aromatic N) is 5. The molecule has 3 fully saturated rings. The number of aromatic nitrogens is 3. The van der Waals surface area contributed by atoms with Crippen LogP contribution in [0.2, 0.25) is 0 Å². The van der Waals surface area contributed by atoms with Crippen molar-refractivity contribution >= 4 is 27.5 Å². The van der Waals surface area contributed by atoms with Crippen molar-refractivity contribution in [1.82, 2.24) is 25.2 Å². The summed E-state index contributed by atoms with van der Waals surface area (Å²) < 4.78 is 65.9. The maximum Gasteiger partial charge on any atom is 0.319 e. The van der Waals surface area contributed by atoms with E-state index >= 15 is 8.78 Å². The SMILES string of the molecule is CC#Cc1nc(-c2cccc3ccc(F)c(CC)c23)c(F)c2nc(O[C@@H](C)CN3CCC(F)(F)CC3)nc(N3C[C@H]4CC[C@@H](C3)N4)c12. The summed E-state index contributed by atoms with van der Waals surface area (Å²) in [5, 5.41) is 5.41. The maximum atomic E-state index is 17.1. The Morgan fingerprint density at radius 2 is 1.77 bits per heavy atom. The van der Waals surface area contributed by atoms with Crippen LogP contribution < -0.4 is 15.0 Å². The molecule has 0 unspecified atom stereocenters. The number of benzene rings is 2. The molecule has 1 N–H and O–H groups in total. The third kappa shape index (κ3) is 6.09. The van der Waals surface area contributed by atoms with E-state index in [1.165, 1.54) is 6.07 Å². The number of hydrogen-bond donors (Lipinski definition) is 1. The molecule has 3 atom stereocenters. The summed E-state index contributed by atoms with van der Waals surface area (Å²) in [5.41, 5.74) is 1.32. The number of nitrogens with one attached hydrogen (secondary N) is 1. The van der Waals surface area contributed by atoms with Crippen molar-refractivity contribution in [3.05, 3.63) is 53.2 Å². The molecule has 5 heterocycles. The van der Waals surface area contributed by atoms with Crippen LogP contribution in [-0.4, -0.2) is 76.7 Å². The number of fused-ring (bicyclic) bond motifs is 4. The van der Waals surface area contributed by atoms with Crippen LogP contribution in [0.4, 0.5) is 23.4 Å². The molecule has 0 amide bonds. The van der Waals surface area contributed by atoms with Gasteiger partial charge in [0.2, 0.25) is 0 Å². The van der Waals surface area contributed by atoms with Gasteiger partial charge in [-0.3, -0.25) is 4.90 Å². The lowest BCUT2D eigenvalue weighted by Crippen LogP contribution is -2.51. The Kier molecular flexibility index (Phi) is 8.43. The Hall–Kier alpha value is -4.01. The largest absolute Gasteiger partial charge is 0.459 e. The van der Waals surface area contributed by atoms with Crippen molar-refractivity contribution in [3.8, 4) is 29.1 Å². The minimum Gasteiger partial charge on any atom is -0.459 e. The topological polar surface area (TPSA) is 66.4 Å². The first kappa shape index (κ1) is 31.6. The Balaban J connectivity index is 1.38. The van der Waals surface area contributed by atoms with Gasteiger partial charge in [-0.2, -0.15) is 9.97 Å². The summed E-state index contributed by atoms with van der Waals surface area (Å²) in [5.74, 6) is 2.84. The highest BCUT2D eigenvalue weighted by atomic mass is 19.3. The van der Waals surface area contributed by atoms with E-state index in [2.05, 4.69) is 27.0 Å². The molecular weight excluding hydrogens is 608 g/mol. The van der Waals surface area contributed by atoms with Gasteiger partial charge in [0.05, 0.1) is 5.39 Å². The molecule has 0 spiro atoms. The first-order chi connectivity index (χ1) is 22.6. The number of alkyl halides is 2. The summed E-state index contributed by atoms with van der Waals surface area (Å²) in [7, 11) is 0. The van der Waals surface area contributed by atoms with Crippen LogP contribution in [0.1, 0.15) is 57.7 Å². The molecule has 0 saturated carbocycles. The zero-order valence-corrected chi connectivity index (χ0v) is 26.8. The monoisotopic (exact) mass is 646 g/mol. The van der Waals surface area contributed by atoms with Crippen LogP contribution in [0, 0.1) is 23.5 Å². The van der Waals surface area contributed by atoms with Crippen LogP contribution in [-0.2, 0) is 6.42 Å². The fourth-order valence-electron chi connectivity index (χ4n) is 7.39. The molecule has 47 heavy (non-hydrogen) atoms. The van der Waals surface area contributed by atoms with E-state index in [4.69, 9.17) is 14.7 Å². The first-order valence-electron chi connectivity index (χ1n) is 16.5. The molecule has 2 bridgehead atoms. The third-order valence-electron chi connectivity index (χ3n) is 9.62. The molecule has 3 saturated heterocycles. The van der Waals surface area contributed by atoms with Crippen molar-refractivity contribution in [2.45, 2.75) is 77.0 Å². The van der Waals surface area contributed by atoms with Crippen molar-refractivity contribution in [2.75, 3.05) is 37.6 Å². The Labute approximate surface area is 271 Å². The van der Waals surface area contributed by atoms with E-state index in [1.807, 2.05) is 24.8 Å². The van der Waals surface area contributed by atoms with E-state index in [0.717, 1.165) is 18.2 Å². The summed E-state index contributed by atoms with van der Waals surface area (Å²) in [6.07, 6.45) is 1.66. The van der Waals surface area contributed by atoms with Gasteiger partial charge in [-0.1, -0.05) is 37.1 Å². The van der Waals surface area contributed by atoms with Crippen LogP contribution in [0.3, 0.4) is 0 Å². The molecule has 2 aromatic carbocycles. The average Bonchev–Trinajstić information content (AvgIpc) is 3.39. The van der Waals surface area contributed by atoms with Crippen molar-refractivity contribution in [2.24, 2.45) is 0 Å². The lowest BCUT2D eigenvalue weighted by Gasteiger charge is -2.35. The van der Waals surface area contributed by atoms with Gasteiger partial charge in [0.25, 0.3) is 5.92 Å². The highest BCUT2D eigenvalue weighted by Crippen LogP contribution is 2.39. The quantitative estimate of drug-likeness (QED) is 0.182. The predicted octanol–water partition coefficient (Wildman–Crippen LogP) is 6.50. The second-order valence-corrected chi connectivity index (χ2v) is 13.0. The summed E-state index contributed by atoms with van der Waals surface area (Å²) in [6.45, 7) is 7.68. The highest BCUT2D eigenvalue weighted by molar-refractivity contribution is 6.02. The van der Waals surface area contributed by atoms with Crippen LogP contribution in [0.25, 0.3) is 32.9 Å². The number of likely N-dealkylation sites (tertiary alicyclic amines) is 1. The molecule has 3 aliphatic rings. The molecular formula is C36H38F4N6O. The van der Waals surface area contributed by atoms with Crippen molar-refractivity contribution in [3.63, 3.8) is 0 Å². The van der Waals surface area contributed by atoms with Crippen LogP contribution in [0.15, 0.2) is 30.3 Å². The smallest absolute Gasteiger partial charge is 0.319 e. The number of piperazine rings is 1. The second kappa shape index (κ2) is 12.5. The van der Waals surface area contributed by atoms with Gasteiger partial charge in [-0.15, -0.1) is 0 Å². The maximum absolute atomic E-state index is 17.1. The zero-order chi connectivity index (χ0) is 32.9. The van der Waals surface area contributed by atoms with Crippen LogP contribution in [0.5, 0.6) is 6.01 Å². The van der Waals surface area contributed by atoms with Gasteiger partial charge in [0, 0.05) is 63.2 Å². The molecule has 2 aromatic heterocycles. The van der Waals surface area contributed by atoms with Gasteiger partial charge in [-0.25, -0.2) is 22.5 Å². The number of piperidine rings is 1. The number of pyridine rings is 1. The van der Waals surface area contributed by atoms with E-state index < -0.39 is 17.8 Å². The normalized spacial score (nSPS) is 21.6. The zero-order valence-electron chi connectivity index (χ0n) is 26.8. The summed E-state index contributed by atoms with van der Waals surface area (Å²) in [6, 6.07) is 9.10. The fourth-order valence-corrected chi connectivity index (χ4v) is 7.39. The number of rotatable bonds is 7. The summed E-state index contributed by atoms with van der Waals surface area (Å²) in [4.78, 5) is 18.4. The molecule has 11 heteroatoms. The number of ether oxygens (including phenoxy) is 1. The molecule has 3 aliphatic heterocycles. The number of anilines is 1. The van der Waals surface area contributed by atoms with Crippen molar-refractivity contribution < 1.29 is 22.3 Å². The Bertz CT molecular complexity index is 1880. The van der Waals surface area contributed by atoms with E-state index in [0.29, 0.717) is 59.5 Å². The summed E-state index contributed by atoms with van der Waals surface area (Å²) >= 11 is 0. The van der Waals surface area contributed by atoms with Gasteiger partial charge >= 0.3 is 6.01 Å². The van der Waals surface area contributed by atoms with Gasteiger partial charge in [0.15, 0.2) is 5.82 Å². The lowest BCUT2D eigenvalue weighted by atomic mass is 9.94. The standard InChI is InChI=1S/C36H38F4N6O/c1-4-7-28-30-33(31(38)32(42-28)26-9-6-8-22-10-13-27(37)25(5-2)29(22)26)43-35(44-34(30)46-19-23-11-12-24(20-46)41-23)47-21(3)18-45-16-14-36(39,40)15-17-45/h6,8-10,13,21,23-24,41H,5,11-12,14-20H2,1-3H3/t21-,23-,24+/m0/s1. The van der Waals surface area contributed by atoms with Gasteiger partial charge in [0.1, 0.15) is 34.6 Å². The van der Waals surface area contributed by atoms with E-state index in [-0.39, 0.29) is 61.1 Å². The fraction of sp³-hybridized carbons (Fsp3) is 0.472.